The van der Waals surface area contributed by atoms with Gasteiger partial charge in [0, 0.05) is 131 Å². The van der Waals surface area contributed by atoms with E-state index in [0.717, 1.165) is 21.8 Å². The Balaban J connectivity index is 0.878. The highest BCUT2D eigenvalue weighted by molar-refractivity contribution is 7.98. The number of nitrogens with two attached hydrogens (primary N) is 6. The minimum atomic E-state index is -1.63. The van der Waals surface area contributed by atoms with Crippen molar-refractivity contribution in [2.45, 2.75) is 210 Å². The monoisotopic (exact) mass is 1720 g/mol. The number of H-pyrrole nitrogens is 2. The number of thioether (sulfide) groups is 1. The molecule has 21 N–H and O–H groups in total. The van der Waals surface area contributed by atoms with E-state index in [1.165, 1.54) is 38.3 Å². The summed E-state index contributed by atoms with van der Waals surface area (Å²) >= 11 is 1.41. The molecule has 4 saturated heterocycles. The van der Waals surface area contributed by atoms with E-state index in [-0.39, 0.29) is 171 Å². The van der Waals surface area contributed by atoms with Crippen LogP contribution in [-0.2, 0) is 84.6 Å². The van der Waals surface area contributed by atoms with Gasteiger partial charge in [0.2, 0.25) is 59.1 Å². The first kappa shape index (κ1) is 96.7. The Morgan fingerprint density at radius 3 is 1.57 bits per heavy atom. The molecule has 0 bridgehead atoms. The zero-order valence-corrected chi connectivity index (χ0v) is 71.7. The number of aromatic nitrogens is 2. The number of guanidine groups is 3. The molecule has 10 amide bonds. The highest BCUT2D eigenvalue weighted by Crippen LogP contribution is 2.31. The van der Waals surface area contributed by atoms with E-state index in [0.29, 0.717) is 101 Å². The van der Waals surface area contributed by atoms with Crippen LogP contribution in [0.2, 0.25) is 0 Å². The second kappa shape index (κ2) is 48.8. The number of fused-ring (bicyclic) bond motifs is 2. The van der Waals surface area contributed by atoms with Crippen LogP contribution in [0.4, 0.5) is 0 Å². The number of ether oxygens (including phenoxy) is 2. The lowest BCUT2D eigenvalue weighted by Crippen LogP contribution is -2.60. The van der Waals surface area contributed by atoms with E-state index >= 15 is 4.79 Å². The van der Waals surface area contributed by atoms with Gasteiger partial charge in [0.25, 0.3) is 0 Å². The van der Waals surface area contributed by atoms with Crippen LogP contribution in [0.15, 0.2) is 75.6 Å². The Morgan fingerprint density at radius 2 is 1.01 bits per heavy atom. The molecule has 0 aliphatic carbocycles. The van der Waals surface area contributed by atoms with Crippen molar-refractivity contribution in [2.24, 2.45) is 73.1 Å². The number of hydrogen-bond donors (Lipinski definition) is 15. The van der Waals surface area contributed by atoms with E-state index in [1.54, 1.807) is 19.9 Å². The number of carbonyl (C=O) groups is 13. The molecule has 0 saturated carbocycles. The average Bonchev–Trinajstić information content (AvgIpc) is 1.64. The summed E-state index contributed by atoms with van der Waals surface area (Å²) in [5.74, 6) is -9.36. The molecule has 4 fully saturated rings. The molecule has 2 aromatic heterocycles. The van der Waals surface area contributed by atoms with Gasteiger partial charge in [-0.25, -0.2) is 0 Å². The Bertz CT molecular complexity index is 4260. The van der Waals surface area contributed by atoms with Crippen LogP contribution in [0.1, 0.15) is 155 Å². The largest absolute Gasteiger partial charge is 0.394 e. The number of hydrogen-bond acceptors (Lipinski definition) is 20. The molecule has 2 aromatic carbocycles. The number of aliphatic imine (C=N–C) groups is 3. The van der Waals surface area contributed by atoms with Crippen LogP contribution in [0.5, 0.6) is 0 Å². The summed E-state index contributed by atoms with van der Waals surface area (Å²) in [5, 5.41) is 29.8. The molecule has 38 heteroatoms. The first-order valence-corrected chi connectivity index (χ1v) is 43.9. The second-order valence-corrected chi connectivity index (χ2v) is 33.4. The van der Waals surface area contributed by atoms with Gasteiger partial charge in [-0.05, 0) is 163 Å². The molecule has 6 heterocycles. The third kappa shape index (κ3) is 29.2. The van der Waals surface area contributed by atoms with Gasteiger partial charge in [-0.15, -0.1) is 0 Å². The SMILES string of the molecule is CSCC[C@H](NC(=O)[C@H]1CCCN1C(=O)[C@H]1CCCN1C(=O)C(CCCN=C(N)N)CC(C)=O)C(=O)NC(Cc1cc2ccccc2[nH]1)C(=O)N[C@@H](CO)C(=O)N1CCCC1C(=O)C[C@H](C(=O)NC(Cc1cc2ccccc2[nH]1)C(=O)N1CCC[C@@H]1C(=O)NCCOCCOCC(=O)CC(CCCN=C(N)N)C(=O)N[C@H](C)CCCN=C(N)N)C(C)C. The van der Waals surface area contributed by atoms with Gasteiger partial charge >= 0.3 is 0 Å². The number of ketones is 3. The Morgan fingerprint density at radius 1 is 0.516 bits per heavy atom. The number of benzene rings is 2. The number of likely N-dealkylation sites (tertiary alicyclic amines) is 4. The van der Waals surface area contributed by atoms with Crippen molar-refractivity contribution in [3.8, 4) is 0 Å². The van der Waals surface area contributed by atoms with Crippen LogP contribution in [0.3, 0.4) is 0 Å². The molecule has 37 nitrogen and oxygen atoms in total. The Kier molecular flexibility index (Phi) is 38.7. The van der Waals surface area contributed by atoms with E-state index in [4.69, 9.17) is 43.9 Å². The lowest BCUT2D eigenvalue weighted by molar-refractivity contribution is -0.149. The number of rotatable bonds is 51. The van der Waals surface area contributed by atoms with Crippen LogP contribution in [0.25, 0.3) is 21.8 Å². The van der Waals surface area contributed by atoms with Crippen molar-refractivity contribution in [1.29, 1.82) is 0 Å². The summed E-state index contributed by atoms with van der Waals surface area (Å²) in [6.45, 7) is 7.51. The van der Waals surface area contributed by atoms with Crippen molar-refractivity contribution in [1.82, 2.24) is 61.5 Å². The predicted octanol–water partition coefficient (Wildman–Crippen LogP) is 0.300. The van der Waals surface area contributed by atoms with Gasteiger partial charge in [-0.2, -0.15) is 11.8 Å². The van der Waals surface area contributed by atoms with E-state index in [2.05, 4.69) is 56.8 Å². The van der Waals surface area contributed by atoms with Crippen LogP contribution < -0.4 is 66.3 Å². The summed E-state index contributed by atoms with van der Waals surface area (Å²) in [7, 11) is 0. The molecule has 670 valence electrons. The zero-order valence-electron chi connectivity index (χ0n) is 70.9. The molecule has 0 radical (unpaired) electrons. The third-order valence-electron chi connectivity index (χ3n) is 22.7. The molecular weight excluding hydrogens is 1590 g/mol. The van der Waals surface area contributed by atoms with Crippen LogP contribution >= 0.6 is 11.8 Å². The highest BCUT2D eigenvalue weighted by Gasteiger charge is 2.46. The predicted molar refractivity (Wildman–Crippen MR) is 463 cm³/mol. The number of aromatic amines is 2. The topological polar surface area (TPSA) is 571 Å². The van der Waals surface area contributed by atoms with E-state index in [9.17, 15) is 62.6 Å². The molecule has 4 aliphatic rings. The zero-order chi connectivity index (χ0) is 88.5. The number of nitrogens with zero attached hydrogens (tertiary/aromatic N) is 7. The van der Waals surface area contributed by atoms with Crippen molar-refractivity contribution in [3.05, 3.63) is 72.1 Å². The molecule has 5 unspecified atom stereocenters. The first-order chi connectivity index (χ1) is 58.4. The maximum absolute atomic E-state index is 15.0. The Labute approximate surface area is 715 Å². The molecule has 4 aliphatic heterocycles. The maximum Gasteiger partial charge on any atom is 0.248 e. The number of aliphatic hydroxyl groups is 1. The number of nitrogens with one attached hydrogen (secondary N) is 8. The standard InChI is InChI=1S/C84H127N21O16S/c1-50(2)60(73(111)100-65(46-58-43-54-19-7-9-23-62(54)97-58)79(117)103-34-14-25-68(103)76(114)91-32-37-120-38-39-121-49-59(108)44-55(20-11-30-93-83(87)88)72(110)95-51(3)17-10-29-92-82(85)86)47-71(109)67-24-13-33-102(67)80(118)66(48-106)101-75(113)64(45-57-42-53-18-6-8-22-61(53)96-57)99-74(112)63(28-40-122-5)98-77(115)69-26-15-35-104(69)81(119)70-27-16-36-105(70)78(116)56(41-52(4)107)21-12-31-94-84(89)90/h6-9,18-19,22-23,42-43,50-51,55-56,60,63-70,96-97,106H,10-17,20-21,24-41,44-49H2,1-5H3,(H,91,114)(H,95,110)(H,98,115)(H,99,112)(H,100,111)(H,101,113)(H4,85,86,92)(H4,87,88,93)(H4,89,90,94)/t51-,55?,56?,60+,63+,64?,65?,66+,67?,68-,69-,70-/m1/s1. The Hall–Kier alpha value is -10.7. The third-order valence-corrected chi connectivity index (χ3v) is 23.3. The van der Waals surface area contributed by atoms with E-state index in [1.807, 2.05) is 67.8 Å². The minimum Gasteiger partial charge on any atom is -0.394 e. The van der Waals surface area contributed by atoms with Gasteiger partial charge < -0.3 is 115 Å². The number of carbonyl (C=O) groups excluding carboxylic acids is 13. The maximum atomic E-state index is 15.0. The summed E-state index contributed by atoms with van der Waals surface area (Å²) < 4.78 is 11.3. The second-order valence-electron chi connectivity index (χ2n) is 32.4. The van der Waals surface area contributed by atoms with Crippen LogP contribution in [0, 0.1) is 23.7 Å². The van der Waals surface area contributed by atoms with Crippen molar-refractivity contribution in [2.75, 3.05) is 97.4 Å². The summed E-state index contributed by atoms with van der Waals surface area (Å²) in [6, 6.07) is 8.87. The smallest absolute Gasteiger partial charge is 0.248 e. The molecule has 4 aromatic rings. The van der Waals surface area contributed by atoms with Crippen molar-refractivity contribution in [3.63, 3.8) is 0 Å². The van der Waals surface area contributed by atoms with Gasteiger partial charge in [0.1, 0.15) is 54.7 Å². The lowest BCUT2D eigenvalue weighted by atomic mass is 9.87. The first-order valence-electron chi connectivity index (χ1n) is 42.5. The highest BCUT2D eigenvalue weighted by atomic mass is 32.2. The number of para-hydroxylation sites is 2. The molecule has 12 atom stereocenters. The van der Waals surface area contributed by atoms with Crippen molar-refractivity contribution >= 4 is 128 Å². The quantitative estimate of drug-likeness (QED) is 0.0161. The average molecular weight is 1720 g/mol. The molecular formula is C84H127N21O16S. The van der Waals surface area contributed by atoms with Gasteiger partial charge in [0.15, 0.2) is 29.4 Å². The molecule has 122 heavy (non-hydrogen) atoms. The van der Waals surface area contributed by atoms with Gasteiger partial charge in [-0.1, -0.05) is 50.2 Å². The fourth-order valence-corrected chi connectivity index (χ4v) is 16.9. The van der Waals surface area contributed by atoms with Crippen molar-refractivity contribution < 1.29 is 76.9 Å². The number of amides is 10. The summed E-state index contributed by atoms with van der Waals surface area (Å²) in [4.78, 5) is 210. The van der Waals surface area contributed by atoms with Gasteiger partial charge in [-0.3, -0.25) is 72.5 Å². The van der Waals surface area contributed by atoms with Gasteiger partial charge in [0.05, 0.1) is 32.5 Å². The number of aliphatic hydroxyl groups excluding tert-OH is 1. The lowest BCUT2D eigenvalue weighted by Gasteiger charge is -2.33. The molecule has 8 rings (SSSR count). The number of Topliss-reactive ketones (excluding diaryl/α,β-unsaturated/α-hetero) is 3. The minimum absolute atomic E-state index is 0.0158. The normalized spacial score (nSPS) is 18.4. The summed E-state index contributed by atoms with van der Waals surface area (Å²) in [5.41, 5.74) is 35.5. The van der Waals surface area contributed by atoms with E-state index < -0.39 is 132 Å². The fourth-order valence-electron chi connectivity index (χ4n) is 16.4. The van der Waals surface area contributed by atoms with Crippen LogP contribution in [-0.4, -0.2) is 281 Å². The fraction of sp³-hybridized carbons (Fsp3) is 0.619. The summed E-state index contributed by atoms with van der Waals surface area (Å²) in [6.07, 6.45) is 6.98. The molecule has 0 spiro atoms.